The quantitative estimate of drug-likeness (QED) is 0.578. The second kappa shape index (κ2) is 8.90. The van der Waals surface area contributed by atoms with E-state index in [-0.39, 0.29) is 17.7 Å². The average molecular weight is 481 g/mol. The van der Waals surface area contributed by atoms with E-state index in [4.69, 9.17) is 11.6 Å². The van der Waals surface area contributed by atoms with Gasteiger partial charge in [-0.1, -0.05) is 30.7 Å². The third kappa shape index (κ3) is 4.64. The number of thiophene rings is 1. The highest BCUT2D eigenvalue weighted by Gasteiger charge is 2.28. The average Bonchev–Trinajstić information content (AvgIpc) is 3.29. The van der Waals surface area contributed by atoms with Gasteiger partial charge < -0.3 is 4.90 Å². The number of fused-ring (bicyclic) bond motifs is 1. The first-order valence-corrected chi connectivity index (χ1v) is 13.2. The first-order chi connectivity index (χ1) is 14.8. The first kappa shape index (κ1) is 22.3. The molecule has 2 aromatic heterocycles. The molecule has 1 saturated heterocycles. The molecule has 1 aliphatic heterocycles. The number of hydrogen-bond acceptors (Lipinski definition) is 5. The van der Waals surface area contributed by atoms with E-state index in [2.05, 4.69) is 9.82 Å². The molecule has 1 amide bonds. The zero-order chi connectivity index (χ0) is 22.2. The van der Waals surface area contributed by atoms with Gasteiger partial charge in [-0.2, -0.15) is 5.10 Å². The van der Waals surface area contributed by atoms with Gasteiger partial charge in [-0.05, 0) is 44.4 Å². The minimum absolute atomic E-state index is 0.0267. The number of rotatable bonds is 6. The van der Waals surface area contributed by atoms with Crippen LogP contribution in [-0.4, -0.2) is 53.9 Å². The number of amides is 1. The van der Waals surface area contributed by atoms with E-state index in [9.17, 15) is 13.2 Å². The molecule has 4 rings (SSSR count). The van der Waals surface area contributed by atoms with Crippen molar-refractivity contribution in [3.8, 4) is 5.69 Å². The number of sulfonamides is 1. The van der Waals surface area contributed by atoms with Crippen LogP contribution in [0.15, 0.2) is 30.3 Å². The van der Waals surface area contributed by atoms with Crippen LogP contribution in [0.25, 0.3) is 15.9 Å². The van der Waals surface area contributed by atoms with Crippen LogP contribution < -0.4 is 4.72 Å². The number of para-hydroxylation sites is 1. The van der Waals surface area contributed by atoms with Gasteiger partial charge in [0, 0.05) is 24.5 Å². The van der Waals surface area contributed by atoms with E-state index < -0.39 is 10.0 Å². The molecule has 10 heteroatoms. The summed E-state index contributed by atoms with van der Waals surface area (Å²) in [4.78, 5) is 16.5. The third-order valence-corrected chi connectivity index (χ3v) is 8.49. The predicted octanol–water partition coefficient (Wildman–Crippen LogP) is 3.98. The number of likely N-dealkylation sites (tertiary alicyclic amines) is 1. The number of benzene rings is 1. The smallest absolute Gasteiger partial charge is 0.264 e. The van der Waals surface area contributed by atoms with Crippen LogP contribution in [0.5, 0.6) is 0 Å². The van der Waals surface area contributed by atoms with Crippen molar-refractivity contribution in [3.05, 3.63) is 45.9 Å². The molecule has 0 radical (unpaired) electrons. The van der Waals surface area contributed by atoms with Crippen molar-refractivity contribution in [2.75, 3.05) is 18.8 Å². The molecule has 0 atom stereocenters. The molecule has 0 saturated carbocycles. The molecule has 31 heavy (non-hydrogen) atoms. The Morgan fingerprint density at radius 3 is 2.68 bits per heavy atom. The predicted molar refractivity (Wildman–Crippen MR) is 125 cm³/mol. The molecular formula is C21H25ClN4O3S2. The van der Waals surface area contributed by atoms with Gasteiger partial charge in [0.2, 0.25) is 10.0 Å². The van der Waals surface area contributed by atoms with Crippen LogP contribution in [0.1, 0.15) is 41.6 Å². The van der Waals surface area contributed by atoms with Crippen LogP contribution in [0.2, 0.25) is 5.02 Å². The lowest BCUT2D eigenvalue weighted by Crippen LogP contribution is -2.46. The van der Waals surface area contributed by atoms with Crippen LogP contribution in [0.3, 0.4) is 0 Å². The fourth-order valence-electron chi connectivity index (χ4n) is 3.88. The van der Waals surface area contributed by atoms with Crippen molar-refractivity contribution in [2.24, 2.45) is 0 Å². The van der Waals surface area contributed by atoms with Gasteiger partial charge in [0.15, 0.2) is 0 Å². The van der Waals surface area contributed by atoms with Gasteiger partial charge in [-0.15, -0.1) is 11.3 Å². The molecule has 1 N–H and O–H groups in total. The van der Waals surface area contributed by atoms with E-state index in [0.717, 1.165) is 21.6 Å². The molecular weight excluding hydrogens is 456 g/mol. The Labute approximate surface area is 191 Å². The Hall–Kier alpha value is -1.94. The number of carbonyl (C=O) groups is 1. The maximum Gasteiger partial charge on any atom is 0.264 e. The fraction of sp³-hybridized carbons (Fsp3) is 0.429. The van der Waals surface area contributed by atoms with Gasteiger partial charge in [-0.25, -0.2) is 17.8 Å². The van der Waals surface area contributed by atoms with Crippen molar-refractivity contribution >= 4 is 49.1 Å². The minimum atomic E-state index is -3.24. The SMILES string of the molecule is CCCS(=O)(=O)NC1CCN(C(=O)c2cc3c(C)nn(-c4ccccc4Cl)c3s2)CC1. The Kier molecular flexibility index (Phi) is 6.39. The molecule has 1 fully saturated rings. The maximum absolute atomic E-state index is 13.1. The number of nitrogens with one attached hydrogen (secondary N) is 1. The van der Waals surface area contributed by atoms with Gasteiger partial charge in [-0.3, -0.25) is 4.79 Å². The largest absolute Gasteiger partial charge is 0.338 e. The Morgan fingerprint density at radius 2 is 2.00 bits per heavy atom. The highest BCUT2D eigenvalue weighted by Crippen LogP contribution is 2.33. The molecule has 0 spiro atoms. The summed E-state index contributed by atoms with van der Waals surface area (Å²) in [7, 11) is -3.24. The van der Waals surface area contributed by atoms with Crippen LogP contribution in [0, 0.1) is 6.92 Å². The molecule has 0 aliphatic carbocycles. The number of carbonyl (C=O) groups excluding carboxylic acids is 1. The molecule has 0 bridgehead atoms. The lowest BCUT2D eigenvalue weighted by Gasteiger charge is -2.32. The zero-order valence-electron chi connectivity index (χ0n) is 17.5. The standard InChI is InChI=1S/C21H25ClN4O3S2/c1-3-12-31(28,29)24-15-8-10-25(11-9-15)20(27)19-13-16-14(2)23-26(21(16)30-19)18-7-5-4-6-17(18)22/h4-7,13,15,24H,3,8-12H2,1-2H3. The lowest BCUT2D eigenvalue weighted by molar-refractivity contribution is 0.0716. The van der Waals surface area contributed by atoms with E-state index in [1.54, 1.807) is 9.58 Å². The zero-order valence-corrected chi connectivity index (χ0v) is 19.9. The summed E-state index contributed by atoms with van der Waals surface area (Å²) in [6, 6.07) is 9.28. The van der Waals surface area contributed by atoms with E-state index in [1.165, 1.54) is 11.3 Å². The Balaban J connectivity index is 1.51. The van der Waals surface area contributed by atoms with Crippen molar-refractivity contribution in [1.82, 2.24) is 19.4 Å². The van der Waals surface area contributed by atoms with E-state index in [0.29, 0.717) is 42.3 Å². The van der Waals surface area contributed by atoms with Crippen molar-refractivity contribution < 1.29 is 13.2 Å². The normalized spacial score (nSPS) is 15.6. The molecule has 1 aromatic carbocycles. The number of aromatic nitrogens is 2. The Morgan fingerprint density at radius 1 is 1.29 bits per heavy atom. The molecule has 7 nitrogen and oxygen atoms in total. The van der Waals surface area contributed by atoms with Crippen molar-refractivity contribution in [1.29, 1.82) is 0 Å². The molecule has 0 unspecified atom stereocenters. The molecule has 166 valence electrons. The first-order valence-electron chi connectivity index (χ1n) is 10.3. The summed E-state index contributed by atoms with van der Waals surface area (Å²) in [5, 5.41) is 6.14. The number of hydrogen-bond donors (Lipinski definition) is 1. The summed E-state index contributed by atoms with van der Waals surface area (Å²) in [6.45, 7) is 4.83. The molecule has 1 aliphatic rings. The summed E-state index contributed by atoms with van der Waals surface area (Å²) < 4.78 is 28.6. The fourth-order valence-corrected chi connectivity index (χ4v) is 6.64. The van der Waals surface area contributed by atoms with E-state index in [1.807, 2.05) is 44.2 Å². The number of nitrogens with zero attached hydrogens (tertiary/aromatic N) is 3. The van der Waals surface area contributed by atoms with Gasteiger partial charge in [0.25, 0.3) is 5.91 Å². The van der Waals surface area contributed by atoms with Crippen LogP contribution in [-0.2, 0) is 10.0 Å². The van der Waals surface area contributed by atoms with Crippen molar-refractivity contribution in [3.63, 3.8) is 0 Å². The Bertz CT molecular complexity index is 1210. The van der Waals surface area contributed by atoms with Gasteiger partial charge in [0.05, 0.1) is 27.0 Å². The summed E-state index contributed by atoms with van der Waals surface area (Å²) in [5.41, 5.74) is 1.62. The third-order valence-electron chi connectivity index (χ3n) is 5.44. The monoisotopic (exact) mass is 480 g/mol. The van der Waals surface area contributed by atoms with E-state index >= 15 is 0 Å². The van der Waals surface area contributed by atoms with Crippen LogP contribution >= 0.6 is 22.9 Å². The van der Waals surface area contributed by atoms with Crippen LogP contribution in [0.4, 0.5) is 0 Å². The topological polar surface area (TPSA) is 84.3 Å². The molecule has 3 aromatic rings. The maximum atomic E-state index is 13.1. The number of piperidine rings is 1. The van der Waals surface area contributed by atoms with Crippen molar-refractivity contribution in [2.45, 2.75) is 39.2 Å². The highest BCUT2D eigenvalue weighted by atomic mass is 35.5. The van der Waals surface area contributed by atoms with Gasteiger partial charge in [0.1, 0.15) is 4.83 Å². The number of halogens is 1. The lowest BCUT2D eigenvalue weighted by atomic mass is 10.1. The minimum Gasteiger partial charge on any atom is -0.338 e. The second-order valence-electron chi connectivity index (χ2n) is 7.78. The summed E-state index contributed by atoms with van der Waals surface area (Å²) in [6.07, 6.45) is 1.82. The second-order valence-corrected chi connectivity index (χ2v) is 11.1. The summed E-state index contributed by atoms with van der Waals surface area (Å²) in [5.74, 6) is 0.108. The van der Waals surface area contributed by atoms with Gasteiger partial charge >= 0.3 is 0 Å². The number of aryl methyl sites for hydroxylation is 1. The highest BCUT2D eigenvalue weighted by molar-refractivity contribution is 7.89. The summed E-state index contributed by atoms with van der Waals surface area (Å²) >= 11 is 7.77. The molecule has 3 heterocycles.